The third-order valence-corrected chi connectivity index (χ3v) is 5.51. The highest BCUT2D eigenvalue weighted by Crippen LogP contribution is 2.24. The second-order valence-electron chi connectivity index (χ2n) is 4.73. The van der Waals surface area contributed by atoms with E-state index in [2.05, 4.69) is 5.32 Å². The highest BCUT2D eigenvalue weighted by atomic mass is 35.5. The van der Waals surface area contributed by atoms with E-state index in [1.807, 2.05) is 13.1 Å². The van der Waals surface area contributed by atoms with Crippen LogP contribution in [-0.2, 0) is 10.0 Å². The van der Waals surface area contributed by atoms with Gasteiger partial charge in [-0.1, -0.05) is 0 Å². The smallest absolute Gasteiger partial charge is 0.243 e. The zero-order chi connectivity index (χ0) is 14.0. The average molecular weight is 316 g/mol. The Bertz CT molecular complexity index is 625. The van der Waals surface area contributed by atoms with Crippen molar-refractivity contribution >= 4 is 22.4 Å². The number of benzene rings is 1. The Morgan fingerprint density at radius 2 is 2.15 bits per heavy atom. The van der Waals surface area contributed by atoms with Gasteiger partial charge in [0, 0.05) is 19.1 Å². The Morgan fingerprint density at radius 1 is 1.45 bits per heavy atom. The molecule has 0 saturated carbocycles. The molecular formula is C13H18ClN3O2S. The van der Waals surface area contributed by atoms with Gasteiger partial charge >= 0.3 is 0 Å². The summed E-state index contributed by atoms with van der Waals surface area (Å²) in [7, 11) is -1.61. The van der Waals surface area contributed by atoms with Crippen LogP contribution >= 0.6 is 12.4 Å². The van der Waals surface area contributed by atoms with Gasteiger partial charge in [0.1, 0.15) is 0 Å². The summed E-state index contributed by atoms with van der Waals surface area (Å²) >= 11 is 0. The van der Waals surface area contributed by atoms with Crippen LogP contribution in [0.5, 0.6) is 0 Å². The molecule has 110 valence electrons. The van der Waals surface area contributed by atoms with E-state index in [0.29, 0.717) is 29.1 Å². The van der Waals surface area contributed by atoms with E-state index >= 15 is 0 Å². The monoisotopic (exact) mass is 315 g/mol. The first kappa shape index (κ1) is 16.9. The first-order valence-corrected chi connectivity index (χ1v) is 7.61. The van der Waals surface area contributed by atoms with E-state index in [1.165, 1.54) is 10.4 Å². The molecule has 1 unspecified atom stereocenters. The van der Waals surface area contributed by atoms with Crippen molar-refractivity contribution in [3.63, 3.8) is 0 Å². The third kappa shape index (κ3) is 3.13. The van der Waals surface area contributed by atoms with E-state index in [-0.39, 0.29) is 18.4 Å². The molecule has 0 aliphatic carbocycles. The van der Waals surface area contributed by atoms with Gasteiger partial charge in [0.2, 0.25) is 10.0 Å². The molecule has 1 N–H and O–H groups in total. The lowest BCUT2D eigenvalue weighted by molar-refractivity contribution is 0.464. The molecular weight excluding hydrogens is 298 g/mol. The fourth-order valence-electron chi connectivity index (χ4n) is 2.33. The molecule has 1 aliphatic heterocycles. The highest BCUT2D eigenvalue weighted by Gasteiger charge is 2.32. The minimum absolute atomic E-state index is 0. The molecule has 20 heavy (non-hydrogen) atoms. The van der Waals surface area contributed by atoms with Crippen LogP contribution in [0.15, 0.2) is 23.1 Å². The molecule has 1 aliphatic rings. The number of nitriles is 1. The number of sulfonamides is 1. The van der Waals surface area contributed by atoms with Gasteiger partial charge in [-0.05, 0) is 44.2 Å². The molecule has 7 heteroatoms. The second kappa shape index (κ2) is 6.55. The normalized spacial score (nSPS) is 19.4. The van der Waals surface area contributed by atoms with Crippen LogP contribution in [0.3, 0.4) is 0 Å². The van der Waals surface area contributed by atoms with Crippen LogP contribution in [0, 0.1) is 18.3 Å². The van der Waals surface area contributed by atoms with Crippen LogP contribution in [0.2, 0.25) is 0 Å². The van der Waals surface area contributed by atoms with Crippen molar-refractivity contribution in [2.75, 3.05) is 20.1 Å². The Hall–Kier alpha value is -1.13. The lowest BCUT2D eigenvalue weighted by Crippen LogP contribution is -2.33. The quantitative estimate of drug-likeness (QED) is 0.911. The fourth-order valence-corrected chi connectivity index (χ4v) is 4.04. The summed E-state index contributed by atoms with van der Waals surface area (Å²) in [4.78, 5) is 0.295. The van der Waals surface area contributed by atoms with Gasteiger partial charge in [-0.15, -0.1) is 12.4 Å². The minimum atomic E-state index is -3.45. The maximum atomic E-state index is 12.5. The number of nitrogens with zero attached hydrogens (tertiary/aromatic N) is 2. The largest absolute Gasteiger partial charge is 0.316 e. The molecule has 1 fully saturated rings. The molecule has 1 aromatic rings. The van der Waals surface area contributed by atoms with E-state index in [4.69, 9.17) is 5.26 Å². The summed E-state index contributed by atoms with van der Waals surface area (Å²) in [5, 5.41) is 11.9. The van der Waals surface area contributed by atoms with Crippen LogP contribution in [-0.4, -0.2) is 38.9 Å². The first-order valence-electron chi connectivity index (χ1n) is 6.17. The zero-order valence-corrected chi connectivity index (χ0v) is 13.1. The topological polar surface area (TPSA) is 73.2 Å². The van der Waals surface area contributed by atoms with Gasteiger partial charge < -0.3 is 5.32 Å². The van der Waals surface area contributed by atoms with Crippen LogP contribution in [0.4, 0.5) is 0 Å². The molecule has 1 heterocycles. The number of rotatable bonds is 3. The SMILES string of the molecule is CNC1CCN(S(=O)(=O)c2ccc(C#N)cc2C)C1.Cl. The molecule has 0 amide bonds. The van der Waals surface area contributed by atoms with Crippen molar-refractivity contribution in [2.24, 2.45) is 0 Å². The zero-order valence-electron chi connectivity index (χ0n) is 11.5. The lowest BCUT2D eigenvalue weighted by Gasteiger charge is -2.18. The molecule has 5 nitrogen and oxygen atoms in total. The fraction of sp³-hybridized carbons (Fsp3) is 0.462. The summed E-state index contributed by atoms with van der Waals surface area (Å²) in [6, 6.07) is 6.91. The number of halogens is 1. The first-order chi connectivity index (χ1) is 8.98. The predicted molar refractivity (Wildman–Crippen MR) is 79.4 cm³/mol. The average Bonchev–Trinajstić information content (AvgIpc) is 2.87. The summed E-state index contributed by atoms with van der Waals surface area (Å²) in [6.07, 6.45) is 0.824. The molecule has 0 spiro atoms. The van der Waals surface area contributed by atoms with Crippen molar-refractivity contribution in [1.82, 2.24) is 9.62 Å². The molecule has 2 rings (SSSR count). The standard InChI is InChI=1S/C13H17N3O2S.ClH/c1-10-7-11(8-14)3-4-13(10)19(17,18)16-6-5-12(9-16)15-2;/h3-4,7,12,15H,5-6,9H2,1-2H3;1H. The maximum Gasteiger partial charge on any atom is 0.243 e. The summed E-state index contributed by atoms with van der Waals surface area (Å²) < 4.78 is 26.6. The van der Waals surface area contributed by atoms with Crippen LogP contribution < -0.4 is 5.32 Å². The van der Waals surface area contributed by atoms with Crippen molar-refractivity contribution < 1.29 is 8.42 Å². The van der Waals surface area contributed by atoms with Gasteiger partial charge in [-0.3, -0.25) is 0 Å². The third-order valence-electron chi connectivity index (χ3n) is 3.48. The maximum absolute atomic E-state index is 12.5. The molecule has 1 atom stereocenters. The Balaban J connectivity index is 0.00000200. The Morgan fingerprint density at radius 3 is 2.65 bits per heavy atom. The lowest BCUT2D eigenvalue weighted by atomic mass is 10.2. The molecule has 0 bridgehead atoms. The predicted octanol–water partition coefficient (Wildman–Crippen LogP) is 1.27. The van der Waals surface area contributed by atoms with Crippen LogP contribution in [0.25, 0.3) is 0 Å². The van der Waals surface area contributed by atoms with Gasteiger partial charge in [0.05, 0.1) is 16.5 Å². The van der Waals surface area contributed by atoms with Gasteiger partial charge in [0.15, 0.2) is 0 Å². The number of hydrogen-bond donors (Lipinski definition) is 1. The van der Waals surface area contributed by atoms with Crippen molar-refractivity contribution in [1.29, 1.82) is 5.26 Å². The molecule has 0 radical (unpaired) electrons. The van der Waals surface area contributed by atoms with Gasteiger partial charge in [-0.25, -0.2) is 8.42 Å². The number of hydrogen-bond acceptors (Lipinski definition) is 4. The molecule has 1 saturated heterocycles. The molecule has 0 aromatic heterocycles. The highest BCUT2D eigenvalue weighted by molar-refractivity contribution is 7.89. The summed E-state index contributed by atoms with van der Waals surface area (Å²) in [5.74, 6) is 0. The second-order valence-corrected chi connectivity index (χ2v) is 6.64. The van der Waals surface area contributed by atoms with Gasteiger partial charge in [0.25, 0.3) is 0 Å². The van der Waals surface area contributed by atoms with Gasteiger partial charge in [-0.2, -0.15) is 9.57 Å². The van der Waals surface area contributed by atoms with Crippen molar-refractivity contribution in [3.05, 3.63) is 29.3 Å². The summed E-state index contributed by atoms with van der Waals surface area (Å²) in [5.41, 5.74) is 1.10. The van der Waals surface area contributed by atoms with E-state index < -0.39 is 10.0 Å². The van der Waals surface area contributed by atoms with Crippen molar-refractivity contribution in [2.45, 2.75) is 24.3 Å². The van der Waals surface area contributed by atoms with E-state index in [0.717, 1.165) is 6.42 Å². The number of likely N-dealkylation sites (N-methyl/N-ethyl adjacent to an activating group) is 1. The minimum Gasteiger partial charge on any atom is -0.316 e. The Kier molecular flexibility index (Phi) is 5.54. The molecule has 1 aromatic carbocycles. The summed E-state index contributed by atoms with van der Waals surface area (Å²) in [6.45, 7) is 2.75. The Labute approximate surface area is 126 Å². The van der Waals surface area contributed by atoms with E-state index in [9.17, 15) is 8.42 Å². The van der Waals surface area contributed by atoms with E-state index in [1.54, 1.807) is 19.1 Å². The van der Waals surface area contributed by atoms with Crippen molar-refractivity contribution in [3.8, 4) is 6.07 Å². The number of aryl methyl sites for hydroxylation is 1. The van der Waals surface area contributed by atoms with Crippen LogP contribution in [0.1, 0.15) is 17.5 Å². The number of nitrogens with one attached hydrogen (secondary N) is 1.